The molecule has 3 rings (SSSR count). The predicted octanol–water partition coefficient (Wildman–Crippen LogP) is 5.56. The van der Waals surface area contributed by atoms with E-state index in [1.807, 2.05) is 12.1 Å². The minimum absolute atomic E-state index is 0.404. The van der Waals surface area contributed by atoms with Gasteiger partial charge in [-0.05, 0) is 36.3 Å². The summed E-state index contributed by atoms with van der Waals surface area (Å²) in [6.07, 6.45) is 3.33. The van der Waals surface area contributed by atoms with Crippen molar-refractivity contribution < 1.29 is 0 Å². The van der Waals surface area contributed by atoms with Crippen LogP contribution in [0, 0.1) is 11.3 Å². The predicted molar refractivity (Wildman–Crippen MR) is 90.7 cm³/mol. The normalized spacial score (nSPS) is 16.9. The Morgan fingerprint density at radius 2 is 1.90 bits per heavy atom. The highest BCUT2D eigenvalue weighted by molar-refractivity contribution is 6.42. The van der Waals surface area contributed by atoms with E-state index in [-0.39, 0.29) is 0 Å². The first kappa shape index (κ1) is 15.5. The van der Waals surface area contributed by atoms with Gasteiger partial charge in [0, 0.05) is 18.8 Å². The number of benzene rings is 1. The zero-order valence-corrected chi connectivity index (χ0v) is 14.6. The van der Waals surface area contributed by atoms with E-state index in [1.165, 1.54) is 12.8 Å². The molecule has 2 aromatic rings. The lowest BCUT2D eigenvalue weighted by Gasteiger charge is -2.22. The maximum Gasteiger partial charge on any atom is 0.111 e. The van der Waals surface area contributed by atoms with Crippen LogP contribution in [-0.2, 0) is 13.0 Å². The summed E-state index contributed by atoms with van der Waals surface area (Å²) >= 11 is 18.3. The van der Waals surface area contributed by atoms with E-state index >= 15 is 0 Å². The van der Waals surface area contributed by atoms with Crippen LogP contribution < -0.4 is 0 Å². The van der Waals surface area contributed by atoms with Crippen LogP contribution in [0.1, 0.15) is 32.5 Å². The Morgan fingerprint density at radius 3 is 2.48 bits per heavy atom. The fraction of sp³-hybridized carbons (Fsp3) is 0.562. The smallest absolute Gasteiger partial charge is 0.111 e. The molecule has 1 aromatic heterocycles. The first-order valence-electron chi connectivity index (χ1n) is 7.37. The number of fused-ring (bicyclic) bond motifs is 1. The molecule has 0 N–H and O–H groups in total. The summed E-state index contributed by atoms with van der Waals surface area (Å²) < 4.78 is 2.30. The van der Waals surface area contributed by atoms with Crippen LogP contribution in [0.25, 0.3) is 11.0 Å². The number of alkyl halides is 1. The summed E-state index contributed by atoms with van der Waals surface area (Å²) in [5, 5.41) is 1.13. The van der Waals surface area contributed by atoms with E-state index in [4.69, 9.17) is 39.8 Å². The van der Waals surface area contributed by atoms with Gasteiger partial charge in [0.1, 0.15) is 5.82 Å². The van der Waals surface area contributed by atoms with Gasteiger partial charge in [0.05, 0.1) is 21.1 Å². The highest BCUT2D eigenvalue weighted by Crippen LogP contribution is 2.53. The summed E-state index contributed by atoms with van der Waals surface area (Å²) in [6, 6.07) is 3.78. The number of aromatic nitrogens is 2. The molecule has 1 aliphatic rings. The molecule has 114 valence electrons. The second-order valence-electron chi connectivity index (χ2n) is 6.33. The molecule has 0 bridgehead atoms. The lowest BCUT2D eigenvalue weighted by atomic mass is 9.92. The molecule has 1 fully saturated rings. The van der Waals surface area contributed by atoms with Crippen LogP contribution in [0.4, 0.5) is 0 Å². The molecule has 0 saturated heterocycles. The van der Waals surface area contributed by atoms with Gasteiger partial charge in [-0.3, -0.25) is 0 Å². The van der Waals surface area contributed by atoms with Crippen LogP contribution in [0.2, 0.25) is 10.0 Å². The zero-order valence-electron chi connectivity index (χ0n) is 12.3. The van der Waals surface area contributed by atoms with Crippen LogP contribution >= 0.6 is 34.8 Å². The Balaban J connectivity index is 2.09. The fourth-order valence-corrected chi connectivity index (χ4v) is 3.50. The number of halogens is 3. The summed E-state index contributed by atoms with van der Waals surface area (Å²) in [4.78, 5) is 4.71. The van der Waals surface area contributed by atoms with Crippen molar-refractivity contribution >= 4 is 45.8 Å². The Hall–Kier alpha value is -0.440. The Bertz CT molecular complexity index is 672. The summed E-state index contributed by atoms with van der Waals surface area (Å²) in [7, 11) is 0. The number of nitrogens with zero attached hydrogens (tertiary/aromatic N) is 2. The maximum absolute atomic E-state index is 6.20. The lowest BCUT2D eigenvalue weighted by Crippen LogP contribution is -2.19. The van der Waals surface area contributed by atoms with Gasteiger partial charge in [0.25, 0.3) is 0 Å². The van der Waals surface area contributed by atoms with E-state index in [2.05, 4.69) is 18.4 Å². The molecule has 2 nitrogen and oxygen atoms in total. The largest absolute Gasteiger partial charge is 0.327 e. The van der Waals surface area contributed by atoms with Crippen LogP contribution in [0.5, 0.6) is 0 Å². The highest BCUT2D eigenvalue weighted by atomic mass is 35.5. The fourth-order valence-electron chi connectivity index (χ4n) is 3.02. The van der Waals surface area contributed by atoms with Gasteiger partial charge < -0.3 is 4.57 Å². The minimum Gasteiger partial charge on any atom is -0.327 e. The van der Waals surface area contributed by atoms with Crippen molar-refractivity contribution in [3.8, 4) is 0 Å². The van der Waals surface area contributed by atoms with Gasteiger partial charge in [-0.15, -0.1) is 11.6 Å². The molecule has 0 spiro atoms. The van der Waals surface area contributed by atoms with Crippen molar-refractivity contribution in [2.45, 2.75) is 39.7 Å². The van der Waals surface area contributed by atoms with Crippen LogP contribution in [-0.4, -0.2) is 15.4 Å². The monoisotopic (exact) mass is 344 g/mol. The maximum atomic E-state index is 6.20. The second-order valence-corrected chi connectivity index (χ2v) is 7.52. The molecule has 0 radical (unpaired) electrons. The molecular weight excluding hydrogens is 327 g/mol. The third-order valence-electron chi connectivity index (χ3n) is 4.78. The third kappa shape index (κ3) is 2.78. The minimum atomic E-state index is 0.404. The SMILES string of the molecule is CC(C)C1(Cn2c(CCCl)nc3cc(Cl)c(Cl)cc32)CC1. The van der Waals surface area contributed by atoms with Gasteiger partial charge in [-0.2, -0.15) is 0 Å². The van der Waals surface area contributed by atoms with E-state index in [1.54, 1.807) is 0 Å². The summed E-state index contributed by atoms with van der Waals surface area (Å²) in [5.41, 5.74) is 2.38. The Labute approximate surface area is 140 Å². The molecule has 1 aliphatic carbocycles. The standard InChI is InChI=1S/C16H19Cl3N2/c1-10(2)16(4-5-16)9-21-14-8-12(19)11(18)7-13(14)20-15(21)3-6-17/h7-8,10H,3-6,9H2,1-2H3. The van der Waals surface area contributed by atoms with Crippen molar-refractivity contribution in [2.24, 2.45) is 11.3 Å². The summed E-state index contributed by atoms with van der Waals surface area (Å²) in [5.74, 6) is 2.27. The third-order valence-corrected chi connectivity index (χ3v) is 5.69. The van der Waals surface area contributed by atoms with Crippen molar-refractivity contribution in [1.29, 1.82) is 0 Å². The quantitative estimate of drug-likeness (QED) is 0.649. The van der Waals surface area contributed by atoms with E-state index in [0.29, 0.717) is 27.3 Å². The van der Waals surface area contributed by atoms with Gasteiger partial charge in [-0.1, -0.05) is 37.0 Å². The first-order chi connectivity index (χ1) is 9.97. The first-order valence-corrected chi connectivity index (χ1v) is 8.66. The summed E-state index contributed by atoms with van der Waals surface area (Å²) in [6.45, 7) is 5.60. The molecule has 1 saturated carbocycles. The zero-order chi connectivity index (χ0) is 15.2. The topological polar surface area (TPSA) is 17.8 Å². The van der Waals surface area contributed by atoms with E-state index < -0.39 is 0 Å². The molecule has 0 unspecified atom stereocenters. The number of rotatable bonds is 5. The Kier molecular flexibility index (Phi) is 4.15. The Morgan fingerprint density at radius 1 is 1.24 bits per heavy atom. The molecule has 0 amide bonds. The number of hydrogen-bond acceptors (Lipinski definition) is 1. The van der Waals surface area contributed by atoms with Crippen LogP contribution in [0.15, 0.2) is 12.1 Å². The number of aryl methyl sites for hydroxylation is 1. The number of hydrogen-bond donors (Lipinski definition) is 0. The van der Waals surface area contributed by atoms with Crippen LogP contribution in [0.3, 0.4) is 0 Å². The molecule has 0 aliphatic heterocycles. The molecule has 1 aromatic carbocycles. The van der Waals surface area contributed by atoms with Crippen molar-refractivity contribution in [3.05, 3.63) is 28.0 Å². The van der Waals surface area contributed by atoms with Gasteiger partial charge in [-0.25, -0.2) is 4.98 Å². The highest BCUT2D eigenvalue weighted by Gasteiger charge is 2.46. The number of imidazole rings is 1. The van der Waals surface area contributed by atoms with Crippen molar-refractivity contribution in [3.63, 3.8) is 0 Å². The molecule has 1 heterocycles. The lowest BCUT2D eigenvalue weighted by molar-refractivity contribution is 0.309. The van der Waals surface area contributed by atoms with E-state index in [0.717, 1.165) is 29.8 Å². The molecule has 5 heteroatoms. The average Bonchev–Trinajstić information content (AvgIpc) is 3.14. The van der Waals surface area contributed by atoms with Gasteiger partial charge in [0.15, 0.2) is 0 Å². The van der Waals surface area contributed by atoms with Gasteiger partial charge in [0.2, 0.25) is 0 Å². The average molecular weight is 346 g/mol. The molecular formula is C16H19Cl3N2. The second kappa shape index (κ2) is 5.64. The van der Waals surface area contributed by atoms with Crippen molar-refractivity contribution in [2.75, 3.05) is 5.88 Å². The van der Waals surface area contributed by atoms with Gasteiger partial charge >= 0.3 is 0 Å². The molecule has 21 heavy (non-hydrogen) atoms. The van der Waals surface area contributed by atoms with Crippen molar-refractivity contribution in [1.82, 2.24) is 9.55 Å². The van der Waals surface area contributed by atoms with E-state index in [9.17, 15) is 0 Å². The molecule has 0 atom stereocenters.